The van der Waals surface area contributed by atoms with Crippen molar-refractivity contribution in [3.8, 4) is 0 Å². The van der Waals surface area contributed by atoms with Crippen LogP contribution in [0.25, 0.3) is 0 Å². The minimum Gasteiger partial charge on any atom is -0.337 e. The Morgan fingerprint density at radius 3 is 3.24 bits per heavy atom. The second kappa shape index (κ2) is 6.77. The number of nitrogens with zero attached hydrogens (tertiary/aromatic N) is 2. The predicted molar refractivity (Wildman–Crippen MR) is 70.0 cm³/mol. The van der Waals surface area contributed by atoms with E-state index in [1.54, 1.807) is 0 Å². The van der Waals surface area contributed by atoms with E-state index in [1.807, 2.05) is 18.7 Å². The maximum Gasteiger partial charge on any atom is 0.0945 e. The van der Waals surface area contributed by atoms with Crippen LogP contribution in [-0.4, -0.2) is 34.7 Å². The van der Waals surface area contributed by atoms with E-state index < -0.39 is 0 Å². The summed E-state index contributed by atoms with van der Waals surface area (Å²) in [6.07, 6.45) is 10.8. The molecule has 2 unspecified atom stereocenters. The molecule has 0 amide bonds. The fraction of sp³-hybridized carbons (Fsp3) is 0.769. The first-order valence-electron chi connectivity index (χ1n) is 6.77. The second-order valence-corrected chi connectivity index (χ2v) is 5.04. The molecule has 0 aromatic carbocycles. The van der Waals surface area contributed by atoms with Gasteiger partial charge >= 0.3 is 0 Å². The third-order valence-corrected chi connectivity index (χ3v) is 3.45. The molecule has 1 saturated heterocycles. The van der Waals surface area contributed by atoms with Gasteiger partial charge in [0.05, 0.1) is 6.33 Å². The Hall–Kier alpha value is -0.870. The molecule has 2 rings (SSSR count). The van der Waals surface area contributed by atoms with Crippen LogP contribution in [0.5, 0.6) is 0 Å². The Labute approximate surface area is 104 Å². The summed E-state index contributed by atoms with van der Waals surface area (Å²) in [7, 11) is 0. The third kappa shape index (κ3) is 4.48. The lowest BCUT2D eigenvalue weighted by molar-refractivity contribution is 0.432. The first-order valence-corrected chi connectivity index (χ1v) is 6.77. The van der Waals surface area contributed by atoms with Gasteiger partial charge in [0.15, 0.2) is 0 Å². The van der Waals surface area contributed by atoms with Crippen LogP contribution in [0.15, 0.2) is 18.7 Å². The van der Waals surface area contributed by atoms with Crippen molar-refractivity contribution < 1.29 is 0 Å². The molecule has 1 aliphatic heterocycles. The summed E-state index contributed by atoms with van der Waals surface area (Å²) < 4.78 is 2.13. The summed E-state index contributed by atoms with van der Waals surface area (Å²) in [6.45, 7) is 5.64. The zero-order valence-corrected chi connectivity index (χ0v) is 10.7. The van der Waals surface area contributed by atoms with Crippen molar-refractivity contribution in [2.24, 2.45) is 0 Å². The van der Waals surface area contributed by atoms with Crippen molar-refractivity contribution in [1.82, 2.24) is 20.2 Å². The molecule has 4 heteroatoms. The Kier molecular flexibility index (Phi) is 5.01. The Morgan fingerprint density at radius 2 is 2.53 bits per heavy atom. The highest BCUT2D eigenvalue weighted by Gasteiger charge is 2.16. The summed E-state index contributed by atoms with van der Waals surface area (Å²) >= 11 is 0. The van der Waals surface area contributed by atoms with Crippen LogP contribution < -0.4 is 10.6 Å². The highest BCUT2D eigenvalue weighted by molar-refractivity contribution is 4.78. The van der Waals surface area contributed by atoms with Crippen molar-refractivity contribution >= 4 is 0 Å². The van der Waals surface area contributed by atoms with E-state index in [0.717, 1.165) is 19.1 Å². The summed E-state index contributed by atoms with van der Waals surface area (Å²) in [5, 5.41) is 7.15. The summed E-state index contributed by atoms with van der Waals surface area (Å²) in [5.74, 6) is 0. The Bertz CT molecular complexity index is 290. The van der Waals surface area contributed by atoms with Gasteiger partial charge in [0, 0.05) is 31.0 Å². The molecule has 0 saturated carbocycles. The highest BCUT2D eigenvalue weighted by atomic mass is 15.0. The van der Waals surface area contributed by atoms with Gasteiger partial charge in [0.2, 0.25) is 0 Å². The van der Waals surface area contributed by atoms with Gasteiger partial charge in [-0.25, -0.2) is 4.98 Å². The maximum atomic E-state index is 4.04. The second-order valence-electron chi connectivity index (χ2n) is 5.04. The summed E-state index contributed by atoms with van der Waals surface area (Å²) in [4.78, 5) is 4.04. The van der Waals surface area contributed by atoms with Crippen molar-refractivity contribution in [2.45, 2.75) is 51.2 Å². The average Bonchev–Trinajstić information content (AvgIpc) is 2.96. The predicted octanol–water partition coefficient (Wildman–Crippen LogP) is 1.39. The third-order valence-electron chi connectivity index (χ3n) is 3.45. The summed E-state index contributed by atoms with van der Waals surface area (Å²) in [5.41, 5.74) is 0. The van der Waals surface area contributed by atoms with Crippen LogP contribution in [0.1, 0.15) is 32.6 Å². The van der Waals surface area contributed by atoms with Crippen molar-refractivity contribution in [3.05, 3.63) is 18.7 Å². The van der Waals surface area contributed by atoms with E-state index in [9.17, 15) is 0 Å². The van der Waals surface area contributed by atoms with E-state index in [4.69, 9.17) is 0 Å². The molecule has 1 aromatic rings. The molecule has 2 heterocycles. The smallest absolute Gasteiger partial charge is 0.0945 e. The SMILES string of the molecule is CC(CC1CCCN1)NCCCn1ccnc1. The van der Waals surface area contributed by atoms with E-state index in [-0.39, 0.29) is 0 Å². The van der Waals surface area contributed by atoms with Gasteiger partial charge in [0.1, 0.15) is 0 Å². The lowest BCUT2D eigenvalue weighted by Gasteiger charge is -2.18. The van der Waals surface area contributed by atoms with E-state index >= 15 is 0 Å². The van der Waals surface area contributed by atoms with Gasteiger partial charge in [-0.3, -0.25) is 0 Å². The van der Waals surface area contributed by atoms with E-state index in [1.165, 1.54) is 32.2 Å². The first kappa shape index (κ1) is 12.6. The molecule has 17 heavy (non-hydrogen) atoms. The molecule has 4 nitrogen and oxygen atoms in total. The van der Waals surface area contributed by atoms with Gasteiger partial charge in [0.25, 0.3) is 0 Å². The van der Waals surface area contributed by atoms with E-state index in [2.05, 4.69) is 27.1 Å². The maximum absolute atomic E-state index is 4.04. The molecule has 2 N–H and O–H groups in total. The molecular formula is C13H24N4. The lowest BCUT2D eigenvalue weighted by atomic mass is 10.1. The molecule has 1 fully saturated rings. The number of hydrogen-bond acceptors (Lipinski definition) is 3. The number of rotatable bonds is 7. The van der Waals surface area contributed by atoms with Crippen LogP contribution in [0.2, 0.25) is 0 Å². The zero-order chi connectivity index (χ0) is 11.9. The van der Waals surface area contributed by atoms with Crippen molar-refractivity contribution in [2.75, 3.05) is 13.1 Å². The number of aryl methyl sites for hydroxylation is 1. The largest absolute Gasteiger partial charge is 0.337 e. The molecule has 0 radical (unpaired) electrons. The lowest BCUT2D eigenvalue weighted by Crippen LogP contribution is -2.34. The van der Waals surface area contributed by atoms with Gasteiger partial charge in [-0.2, -0.15) is 0 Å². The number of imidazole rings is 1. The van der Waals surface area contributed by atoms with Crippen molar-refractivity contribution in [3.63, 3.8) is 0 Å². The van der Waals surface area contributed by atoms with Crippen molar-refractivity contribution in [1.29, 1.82) is 0 Å². The first-order chi connectivity index (χ1) is 8.34. The van der Waals surface area contributed by atoms with Gasteiger partial charge in [-0.05, 0) is 45.7 Å². The standard InChI is InChI=1S/C13H24N4/c1-12(10-13-4-2-5-16-13)15-6-3-8-17-9-7-14-11-17/h7,9,11-13,15-16H,2-6,8,10H2,1H3. The van der Waals surface area contributed by atoms with Crippen LogP contribution in [0.3, 0.4) is 0 Å². The number of nitrogens with one attached hydrogen (secondary N) is 2. The summed E-state index contributed by atoms with van der Waals surface area (Å²) in [6, 6.07) is 1.36. The Balaban J connectivity index is 1.52. The quantitative estimate of drug-likeness (QED) is 0.703. The molecule has 0 bridgehead atoms. The molecule has 0 aliphatic carbocycles. The average molecular weight is 236 g/mol. The van der Waals surface area contributed by atoms with Crippen LogP contribution in [0, 0.1) is 0 Å². The van der Waals surface area contributed by atoms with Gasteiger partial charge in [-0.15, -0.1) is 0 Å². The topological polar surface area (TPSA) is 41.9 Å². The molecular weight excluding hydrogens is 212 g/mol. The minimum absolute atomic E-state index is 0.619. The van der Waals surface area contributed by atoms with Crippen LogP contribution >= 0.6 is 0 Å². The van der Waals surface area contributed by atoms with Crippen LogP contribution in [0.4, 0.5) is 0 Å². The van der Waals surface area contributed by atoms with Crippen LogP contribution in [-0.2, 0) is 6.54 Å². The molecule has 1 aliphatic rings. The number of hydrogen-bond donors (Lipinski definition) is 2. The van der Waals surface area contributed by atoms with Gasteiger partial charge < -0.3 is 15.2 Å². The zero-order valence-electron chi connectivity index (χ0n) is 10.7. The fourth-order valence-corrected chi connectivity index (χ4v) is 2.50. The Morgan fingerprint density at radius 1 is 1.59 bits per heavy atom. The highest BCUT2D eigenvalue weighted by Crippen LogP contribution is 2.10. The number of aromatic nitrogens is 2. The molecule has 0 spiro atoms. The monoisotopic (exact) mass is 236 g/mol. The van der Waals surface area contributed by atoms with E-state index in [0.29, 0.717) is 6.04 Å². The van der Waals surface area contributed by atoms with Gasteiger partial charge in [-0.1, -0.05) is 0 Å². The normalized spacial score (nSPS) is 21.8. The molecule has 96 valence electrons. The molecule has 2 atom stereocenters. The fourth-order valence-electron chi connectivity index (χ4n) is 2.50. The molecule has 1 aromatic heterocycles. The minimum atomic E-state index is 0.619.